The van der Waals surface area contributed by atoms with Gasteiger partial charge in [-0.1, -0.05) is 0 Å². The fraction of sp³-hybridized carbons (Fsp3) is 0.545. The molecule has 2 amide bonds. The lowest BCUT2D eigenvalue weighted by Gasteiger charge is -2.26. The quantitative estimate of drug-likeness (QED) is 0.798. The minimum absolute atomic E-state index is 0.154. The van der Waals surface area contributed by atoms with Crippen LogP contribution in [0.25, 0.3) is 0 Å². The minimum atomic E-state index is -0.359. The van der Waals surface area contributed by atoms with Gasteiger partial charge in [0.25, 0.3) is 5.91 Å². The molecule has 0 saturated heterocycles. The third-order valence-electron chi connectivity index (χ3n) is 2.88. The second-order valence-electron chi connectivity index (χ2n) is 4.35. The van der Waals surface area contributed by atoms with E-state index < -0.39 is 0 Å². The largest absolute Gasteiger partial charge is 0.348 e. The predicted octanol–water partition coefficient (Wildman–Crippen LogP) is 0.880. The first kappa shape index (κ1) is 12.9. The van der Waals surface area contributed by atoms with Gasteiger partial charge >= 0.3 is 0 Å². The molecule has 0 spiro atoms. The number of aryl methyl sites for hydroxylation is 1. The number of carbonyl (C=O) groups is 2. The Kier molecular flexibility index (Phi) is 3.86. The smallest absolute Gasteiger partial charge is 0.274 e. The molecular weight excluding hydrogens is 256 g/mol. The summed E-state index contributed by atoms with van der Waals surface area (Å²) >= 11 is 5.42. The van der Waals surface area contributed by atoms with Crippen molar-refractivity contribution in [3.8, 4) is 0 Å². The Morgan fingerprint density at radius 2 is 2.28 bits per heavy atom. The SMILES string of the molecule is Cn1cc(NC(=O)CCl)c(C(=O)NC2CCC2)n1. The van der Waals surface area contributed by atoms with Crippen molar-refractivity contribution < 1.29 is 9.59 Å². The first-order valence-corrected chi connectivity index (χ1v) is 6.34. The summed E-state index contributed by atoms with van der Waals surface area (Å²) in [5, 5.41) is 9.49. The van der Waals surface area contributed by atoms with E-state index in [9.17, 15) is 9.59 Å². The highest BCUT2D eigenvalue weighted by atomic mass is 35.5. The summed E-state index contributed by atoms with van der Waals surface area (Å²) in [4.78, 5) is 23.2. The van der Waals surface area contributed by atoms with Crippen LogP contribution in [-0.2, 0) is 11.8 Å². The molecule has 1 aromatic rings. The summed E-state index contributed by atoms with van der Waals surface area (Å²) in [6.45, 7) is 0. The molecule has 2 rings (SSSR count). The van der Waals surface area contributed by atoms with Gasteiger partial charge in [-0.25, -0.2) is 0 Å². The Morgan fingerprint density at radius 1 is 1.56 bits per heavy atom. The van der Waals surface area contributed by atoms with E-state index in [-0.39, 0.29) is 29.4 Å². The number of anilines is 1. The molecule has 1 aromatic heterocycles. The van der Waals surface area contributed by atoms with Crippen molar-refractivity contribution in [3.05, 3.63) is 11.9 Å². The summed E-state index contributed by atoms with van der Waals surface area (Å²) in [6, 6.07) is 0.232. The third kappa shape index (κ3) is 2.81. The summed E-state index contributed by atoms with van der Waals surface area (Å²) in [7, 11) is 1.69. The van der Waals surface area contributed by atoms with E-state index in [4.69, 9.17) is 11.6 Å². The molecule has 2 N–H and O–H groups in total. The summed E-state index contributed by atoms with van der Waals surface area (Å²) in [5.41, 5.74) is 0.614. The highest BCUT2D eigenvalue weighted by Crippen LogP contribution is 2.20. The van der Waals surface area contributed by atoms with Crippen LogP contribution in [0.2, 0.25) is 0 Å². The van der Waals surface area contributed by atoms with E-state index in [1.807, 2.05) is 0 Å². The number of nitrogens with one attached hydrogen (secondary N) is 2. The Bertz CT molecular complexity index is 468. The van der Waals surface area contributed by atoms with E-state index in [0.29, 0.717) is 5.69 Å². The average Bonchev–Trinajstić information content (AvgIpc) is 2.64. The van der Waals surface area contributed by atoms with E-state index in [2.05, 4.69) is 15.7 Å². The number of amides is 2. The molecule has 0 unspecified atom stereocenters. The van der Waals surface area contributed by atoms with Crippen LogP contribution in [0, 0.1) is 0 Å². The average molecular weight is 271 g/mol. The number of hydrogen-bond donors (Lipinski definition) is 2. The molecule has 0 aliphatic heterocycles. The van der Waals surface area contributed by atoms with Gasteiger partial charge < -0.3 is 10.6 Å². The molecule has 1 aliphatic rings. The van der Waals surface area contributed by atoms with Gasteiger partial charge in [-0.15, -0.1) is 11.6 Å². The van der Waals surface area contributed by atoms with Gasteiger partial charge in [0.15, 0.2) is 5.69 Å². The number of alkyl halides is 1. The normalized spacial score (nSPS) is 15.0. The number of halogens is 1. The summed E-state index contributed by atoms with van der Waals surface area (Å²) in [5.74, 6) is -0.772. The Morgan fingerprint density at radius 3 is 2.83 bits per heavy atom. The molecule has 1 aliphatic carbocycles. The van der Waals surface area contributed by atoms with Crippen LogP contribution in [0.15, 0.2) is 6.20 Å². The van der Waals surface area contributed by atoms with Gasteiger partial charge in [0.2, 0.25) is 5.91 Å². The van der Waals surface area contributed by atoms with Crippen LogP contribution in [-0.4, -0.2) is 33.5 Å². The molecule has 0 radical (unpaired) electrons. The van der Waals surface area contributed by atoms with Crippen LogP contribution in [0.4, 0.5) is 5.69 Å². The second-order valence-corrected chi connectivity index (χ2v) is 4.62. The maximum absolute atomic E-state index is 12.0. The maximum Gasteiger partial charge on any atom is 0.274 e. The molecule has 7 heteroatoms. The topological polar surface area (TPSA) is 76.0 Å². The van der Waals surface area contributed by atoms with Crippen molar-refractivity contribution in [2.24, 2.45) is 7.05 Å². The molecule has 0 atom stereocenters. The van der Waals surface area contributed by atoms with Crippen molar-refractivity contribution in [2.75, 3.05) is 11.2 Å². The predicted molar refractivity (Wildman–Crippen MR) is 67.7 cm³/mol. The Balaban J connectivity index is 2.10. The molecule has 1 saturated carbocycles. The molecule has 0 bridgehead atoms. The number of rotatable bonds is 4. The zero-order chi connectivity index (χ0) is 13.1. The maximum atomic E-state index is 12.0. The zero-order valence-corrected chi connectivity index (χ0v) is 10.8. The Hall–Kier alpha value is -1.56. The molecule has 98 valence electrons. The van der Waals surface area contributed by atoms with Gasteiger partial charge in [-0.2, -0.15) is 5.10 Å². The lowest BCUT2D eigenvalue weighted by molar-refractivity contribution is -0.113. The first-order chi connectivity index (χ1) is 8.60. The van der Waals surface area contributed by atoms with Crippen molar-refractivity contribution >= 4 is 29.1 Å². The van der Waals surface area contributed by atoms with E-state index >= 15 is 0 Å². The fourth-order valence-electron chi connectivity index (χ4n) is 1.74. The minimum Gasteiger partial charge on any atom is -0.348 e. The van der Waals surface area contributed by atoms with E-state index in [1.54, 1.807) is 13.2 Å². The number of carbonyl (C=O) groups excluding carboxylic acids is 2. The molecule has 6 nitrogen and oxygen atoms in total. The highest BCUT2D eigenvalue weighted by molar-refractivity contribution is 6.29. The third-order valence-corrected chi connectivity index (χ3v) is 3.12. The number of nitrogens with zero attached hydrogens (tertiary/aromatic N) is 2. The summed E-state index contributed by atoms with van der Waals surface area (Å²) in [6.07, 6.45) is 4.73. The van der Waals surface area contributed by atoms with Crippen LogP contribution in [0.5, 0.6) is 0 Å². The highest BCUT2D eigenvalue weighted by Gasteiger charge is 2.23. The van der Waals surface area contributed by atoms with Gasteiger partial charge in [-0.3, -0.25) is 14.3 Å². The molecule has 0 aromatic carbocycles. The zero-order valence-electron chi connectivity index (χ0n) is 10.1. The van der Waals surface area contributed by atoms with E-state index in [1.165, 1.54) is 4.68 Å². The molecule has 18 heavy (non-hydrogen) atoms. The molecule has 1 heterocycles. The van der Waals surface area contributed by atoms with Gasteiger partial charge in [0.1, 0.15) is 5.88 Å². The van der Waals surface area contributed by atoms with Gasteiger partial charge in [0.05, 0.1) is 5.69 Å². The van der Waals surface area contributed by atoms with Gasteiger partial charge in [0, 0.05) is 19.3 Å². The standard InChI is InChI=1S/C11H15ClN4O2/c1-16-6-8(14-9(17)5-12)10(15-16)11(18)13-7-3-2-4-7/h6-7H,2-5H2,1H3,(H,13,18)(H,14,17). The Labute approximate surface area is 110 Å². The molecule has 1 fully saturated rings. The molecular formula is C11H15ClN4O2. The number of aromatic nitrogens is 2. The number of hydrogen-bond acceptors (Lipinski definition) is 3. The van der Waals surface area contributed by atoms with Crippen LogP contribution in [0.3, 0.4) is 0 Å². The van der Waals surface area contributed by atoms with Crippen molar-refractivity contribution in [1.29, 1.82) is 0 Å². The monoisotopic (exact) mass is 270 g/mol. The lowest BCUT2D eigenvalue weighted by atomic mass is 9.93. The lowest BCUT2D eigenvalue weighted by Crippen LogP contribution is -2.40. The van der Waals surface area contributed by atoms with Crippen molar-refractivity contribution in [2.45, 2.75) is 25.3 Å². The second kappa shape index (κ2) is 5.39. The van der Waals surface area contributed by atoms with Crippen molar-refractivity contribution in [1.82, 2.24) is 15.1 Å². The van der Waals surface area contributed by atoms with E-state index in [0.717, 1.165) is 19.3 Å². The van der Waals surface area contributed by atoms with Crippen molar-refractivity contribution in [3.63, 3.8) is 0 Å². The fourth-order valence-corrected chi connectivity index (χ4v) is 1.80. The van der Waals surface area contributed by atoms with Gasteiger partial charge in [-0.05, 0) is 19.3 Å². The summed E-state index contributed by atoms with van der Waals surface area (Å²) < 4.78 is 1.49. The first-order valence-electron chi connectivity index (χ1n) is 5.80. The van der Waals surface area contributed by atoms with Crippen LogP contribution >= 0.6 is 11.6 Å². The van der Waals surface area contributed by atoms with Crippen LogP contribution < -0.4 is 10.6 Å². The van der Waals surface area contributed by atoms with Crippen LogP contribution in [0.1, 0.15) is 29.8 Å².